The largest absolute Gasteiger partial charge is 0.313 e. The van der Waals surface area contributed by atoms with Crippen molar-refractivity contribution in [3.8, 4) is 0 Å². The predicted octanol–water partition coefficient (Wildman–Crippen LogP) is 5.97. The van der Waals surface area contributed by atoms with Gasteiger partial charge in [-0.15, -0.1) is 11.3 Å². The van der Waals surface area contributed by atoms with Crippen LogP contribution in [0, 0.1) is 0 Å². The lowest BCUT2D eigenvalue weighted by molar-refractivity contribution is 0.507. The summed E-state index contributed by atoms with van der Waals surface area (Å²) < 4.78 is 1.18. The summed E-state index contributed by atoms with van der Waals surface area (Å²) in [5.41, 5.74) is 1.14. The molecule has 0 amide bonds. The lowest BCUT2D eigenvalue weighted by atomic mass is 10.0. The number of halogens is 3. The Morgan fingerprint density at radius 2 is 2.00 bits per heavy atom. The van der Waals surface area contributed by atoms with Crippen molar-refractivity contribution in [2.75, 3.05) is 6.54 Å². The van der Waals surface area contributed by atoms with Gasteiger partial charge in [0.25, 0.3) is 0 Å². The lowest BCUT2D eigenvalue weighted by Crippen LogP contribution is -2.33. The molecule has 0 spiro atoms. The molecule has 2 rings (SSSR count). The van der Waals surface area contributed by atoms with Crippen LogP contribution >= 0.6 is 50.5 Å². The van der Waals surface area contributed by atoms with E-state index in [1.807, 2.05) is 18.2 Å². The number of hydrogen-bond donors (Lipinski definition) is 1. The molecule has 0 aliphatic carbocycles. The molecule has 0 saturated heterocycles. The highest BCUT2D eigenvalue weighted by molar-refractivity contribution is 9.11. The average Bonchev–Trinajstić information content (AvgIpc) is 2.84. The molecule has 1 nitrogen and oxygen atoms in total. The van der Waals surface area contributed by atoms with E-state index in [1.54, 1.807) is 11.3 Å². The van der Waals surface area contributed by atoms with Crippen molar-refractivity contribution in [2.45, 2.75) is 32.2 Å². The molecule has 0 aliphatic heterocycles. The molecule has 1 atom stereocenters. The molecule has 0 radical (unpaired) electrons. The molecular weight excluding hydrogens is 389 g/mol. The minimum Gasteiger partial charge on any atom is -0.313 e. The molecule has 5 heteroatoms. The van der Waals surface area contributed by atoms with Gasteiger partial charge in [-0.2, -0.15) is 0 Å². The maximum Gasteiger partial charge on any atom is 0.0701 e. The third-order valence-electron chi connectivity index (χ3n) is 3.24. The Balaban J connectivity index is 2.08. The van der Waals surface area contributed by atoms with Crippen LogP contribution in [0.1, 0.15) is 23.8 Å². The van der Waals surface area contributed by atoms with Crippen molar-refractivity contribution in [3.05, 3.63) is 54.6 Å². The summed E-state index contributed by atoms with van der Waals surface area (Å²) in [4.78, 5) is 1.38. The van der Waals surface area contributed by atoms with Gasteiger partial charge in [-0.05, 0) is 71.6 Å². The third-order valence-corrected chi connectivity index (χ3v) is 5.47. The Labute approximate surface area is 148 Å². The fourth-order valence-electron chi connectivity index (χ4n) is 2.22. The SMILES string of the molecule is CCCNC(Cc1ccc(Br)s1)Cc1ccc(Cl)cc1Cl. The summed E-state index contributed by atoms with van der Waals surface area (Å²) in [5.74, 6) is 0. The fourth-order valence-corrected chi connectivity index (χ4v) is 4.27. The topological polar surface area (TPSA) is 12.0 Å². The Morgan fingerprint density at radius 3 is 2.62 bits per heavy atom. The molecule has 0 bridgehead atoms. The van der Waals surface area contributed by atoms with E-state index >= 15 is 0 Å². The van der Waals surface area contributed by atoms with E-state index in [-0.39, 0.29) is 0 Å². The molecule has 1 N–H and O–H groups in total. The number of thiophene rings is 1. The van der Waals surface area contributed by atoms with Crippen molar-refractivity contribution < 1.29 is 0 Å². The van der Waals surface area contributed by atoms with Crippen molar-refractivity contribution in [3.63, 3.8) is 0 Å². The molecule has 1 unspecified atom stereocenters. The van der Waals surface area contributed by atoms with E-state index < -0.39 is 0 Å². The van der Waals surface area contributed by atoms with Gasteiger partial charge in [0, 0.05) is 21.0 Å². The van der Waals surface area contributed by atoms with Gasteiger partial charge < -0.3 is 5.32 Å². The Kier molecular flexibility index (Phi) is 7.03. The van der Waals surface area contributed by atoms with E-state index in [1.165, 1.54) is 8.66 Å². The van der Waals surface area contributed by atoms with Gasteiger partial charge in [0.1, 0.15) is 0 Å². The molecule has 1 aromatic heterocycles. The van der Waals surface area contributed by atoms with E-state index in [9.17, 15) is 0 Å². The summed E-state index contributed by atoms with van der Waals surface area (Å²) >= 11 is 17.6. The van der Waals surface area contributed by atoms with Crippen LogP contribution in [0.5, 0.6) is 0 Å². The zero-order valence-electron chi connectivity index (χ0n) is 11.8. The van der Waals surface area contributed by atoms with Gasteiger partial charge >= 0.3 is 0 Å². The van der Waals surface area contributed by atoms with Crippen molar-refractivity contribution in [2.24, 2.45) is 0 Å². The minimum absolute atomic E-state index is 0.383. The first-order valence-electron chi connectivity index (χ1n) is 7.00. The van der Waals surface area contributed by atoms with Crippen LogP contribution in [0.25, 0.3) is 0 Å². The van der Waals surface area contributed by atoms with Crippen LogP contribution in [0.3, 0.4) is 0 Å². The van der Waals surface area contributed by atoms with Gasteiger partial charge in [0.2, 0.25) is 0 Å². The summed E-state index contributed by atoms with van der Waals surface area (Å²) in [6, 6.07) is 10.4. The average molecular weight is 407 g/mol. The molecular formula is C16H18BrCl2NS. The molecule has 114 valence electrons. The summed E-state index contributed by atoms with van der Waals surface area (Å²) in [6.45, 7) is 3.20. The first-order valence-corrected chi connectivity index (χ1v) is 9.36. The van der Waals surface area contributed by atoms with Crippen LogP contribution in [-0.2, 0) is 12.8 Å². The van der Waals surface area contributed by atoms with Gasteiger partial charge in [0.05, 0.1) is 3.79 Å². The van der Waals surface area contributed by atoms with Crippen molar-refractivity contribution in [1.29, 1.82) is 0 Å². The highest BCUT2D eigenvalue weighted by Gasteiger charge is 2.13. The normalized spacial score (nSPS) is 12.6. The molecule has 1 heterocycles. The quantitative estimate of drug-likeness (QED) is 0.596. The third kappa shape index (κ3) is 5.57. The first-order chi connectivity index (χ1) is 10.1. The van der Waals surface area contributed by atoms with Crippen LogP contribution in [-0.4, -0.2) is 12.6 Å². The smallest absolute Gasteiger partial charge is 0.0701 e. The van der Waals surface area contributed by atoms with E-state index in [2.05, 4.69) is 40.3 Å². The predicted molar refractivity (Wildman–Crippen MR) is 98.0 cm³/mol. The zero-order valence-corrected chi connectivity index (χ0v) is 15.7. The molecule has 0 aliphatic rings. The van der Waals surface area contributed by atoms with E-state index in [0.717, 1.165) is 36.4 Å². The first kappa shape index (κ1) is 17.3. The van der Waals surface area contributed by atoms with E-state index in [0.29, 0.717) is 11.1 Å². The second-order valence-corrected chi connectivity index (χ2v) is 8.39. The number of nitrogens with one attached hydrogen (secondary N) is 1. The zero-order chi connectivity index (χ0) is 15.2. The lowest BCUT2D eigenvalue weighted by Gasteiger charge is -2.19. The molecule has 2 aromatic rings. The summed E-state index contributed by atoms with van der Waals surface area (Å²) in [7, 11) is 0. The van der Waals surface area contributed by atoms with Crippen LogP contribution in [0.2, 0.25) is 10.0 Å². The van der Waals surface area contributed by atoms with Crippen LogP contribution in [0.15, 0.2) is 34.1 Å². The number of rotatable bonds is 7. The Morgan fingerprint density at radius 1 is 1.19 bits per heavy atom. The van der Waals surface area contributed by atoms with Crippen LogP contribution < -0.4 is 5.32 Å². The fraction of sp³-hybridized carbons (Fsp3) is 0.375. The second-order valence-electron chi connectivity index (χ2n) is 5.00. The van der Waals surface area contributed by atoms with E-state index in [4.69, 9.17) is 23.2 Å². The number of benzene rings is 1. The van der Waals surface area contributed by atoms with Gasteiger partial charge in [-0.1, -0.05) is 36.2 Å². The second kappa shape index (κ2) is 8.54. The molecule has 0 saturated carbocycles. The Bertz CT molecular complexity index is 585. The van der Waals surface area contributed by atoms with Crippen molar-refractivity contribution in [1.82, 2.24) is 5.32 Å². The van der Waals surface area contributed by atoms with Gasteiger partial charge in [-0.3, -0.25) is 0 Å². The highest BCUT2D eigenvalue weighted by atomic mass is 79.9. The standard InChI is InChI=1S/C16H18BrCl2NS/c1-2-7-20-13(10-14-5-6-16(17)21-14)8-11-3-4-12(18)9-15(11)19/h3-6,9,13,20H,2,7-8,10H2,1H3. The van der Waals surface area contributed by atoms with Crippen LogP contribution in [0.4, 0.5) is 0 Å². The molecule has 0 fully saturated rings. The maximum atomic E-state index is 6.30. The Hall–Kier alpha value is -0.0600. The van der Waals surface area contributed by atoms with Crippen molar-refractivity contribution >= 4 is 50.5 Å². The molecule has 21 heavy (non-hydrogen) atoms. The highest BCUT2D eigenvalue weighted by Crippen LogP contribution is 2.26. The maximum absolute atomic E-state index is 6.30. The minimum atomic E-state index is 0.383. The monoisotopic (exact) mass is 405 g/mol. The summed E-state index contributed by atoms with van der Waals surface area (Å²) in [6.07, 6.45) is 3.04. The van der Waals surface area contributed by atoms with Gasteiger partial charge in [0.15, 0.2) is 0 Å². The molecule has 1 aromatic carbocycles. The van der Waals surface area contributed by atoms with Gasteiger partial charge in [-0.25, -0.2) is 0 Å². The summed E-state index contributed by atoms with van der Waals surface area (Å²) in [5, 5.41) is 5.05. The number of hydrogen-bond acceptors (Lipinski definition) is 2.